The molecule has 1 heterocycles. The zero-order valence-corrected chi connectivity index (χ0v) is 19.0. The van der Waals surface area contributed by atoms with Crippen molar-refractivity contribution in [2.24, 2.45) is 5.10 Å². The van der Waals surface area contributed by atoms with E-state index in [1.54, 1.807) is 17.1 Å². The highest BCUT2D eigenvalue weighted by atomic mass is 16.2. The van der Waals surface area contributed by atoms with Gasteiger partial charge in [-0.1, -0.05) is 36.9 Å². The van der Waals surface area contributed by atoms with Crippen LogP contribution in [0.2, 0.25) is 0 Å². The Morgan fingerprint density at radius 3 is 2.22 bits per heavy atom. The van der Waals surface area contributed by atoms with E-state index in [0.29, 0.717) is 31.7 Å². The lowest BCUT2D eigenvalue weighted by molar-refractivity contribution is -0.132. The molecule has 0 bridgehead atoms. The average Bonchev–Trinajstić information content (AvgIpc) is 2.79. The fourth-order valence-electron chi connectivity index (χ4n) is 3.56. The standard InChI is InChI=1S/C25H31N5O2/c1-19(2)27-30(20(3)4)18-24(31)29-16-14-28(15-17-29)23-13-9-8-12-22(23)26-25(32)21-10-6-5-7-11-21/h5-13H,3,14-18H2,1-2,4H3,(H,26,32). The van der Waals surface area contributed by atoms with Crippen LogP contribution in [-0.4, -0.2) is 60.2 Å². The van der Waals surface area contributed by atoms with Gasteiger partial charge in [-0.2, -0.15) is 5.10 Å². The van der Waals surface area contributed by atoms with Gasteiger partial charge in [0.25, 0.3) is 5.91 Å². The zero-order valence-electron chi connectivity index (χ0n) is 19.0. The average molecular weight is 434 g/mol. The summed E-state index contributed by atoms with van der Waals surface area (Å²) < 4.78 is 0. The number of benzene rings is 2. The van der Waals surface area contributed by atoms with Gasteiger partial charge in [0.05, 0.1) is 11.4 Å². The third kappa shape index (κ3) is 5.97. The number of nitrogens with one attached hydrogen (secondary N) is 1. The van der Waals surface area contributed by atoms with E-state index in [1.165, 1.54) is 0 Å². The fraction of sp³-hybridized carbons (Fsp3) is 0.320. The molecule has 0 saturated carbocycles. The van der Waals surface area contributed by atoms with Gasteiger partial charge in [0.15, 0.2) is 0 Å². The van der Waals surface area contributed by atoms with E-state index in [2.05, 4.69) is 21.9 Å². The van der Waals surface area contributed by atoms with Crippen molar-refractivity contribution in [3.05, 3.63) is 72.4 Å². The normalized spacial score (nSPS) is 13.3. The number of para-hydroxylation sites is 2. The zero-order chi connectivity index (χ0) is 23.1. The molecule has 0 aromatic heterocycles. The number of hydrogen-bond donors (Lipinski definition) is 1. The number of hydrogen-bond acceptors (Lipinski definition) is 5. The summed E-state index contributed by atoms with van der Waals surface area (Å²) in [6, 6.07) is 16.9. The van der Waals surface area contributed by atoms with Gasteiger partial charge in [0.2, 0.25) is 5.91 Å². The van der Waals surface area contributed by atoms with E-state index in [4.69, 9.17) is 0 Å². The van der Waals surface area contributed by atoms with Crippen LogP contribution < -0.4 is 10.2 Å². The first-order chi connectivity index (χ1) is 15.3. The predicted octanol–water partition coefficient (Wildman–Crippen LogP) is 3.82. The van der Waals surface area contributed by atoms with Crippen molar-refractivity contribution in [1.82, 2.24) is 9.91 Å². The Labute approximate surface area is 190 Å². The van der Waals surface area contributed by atoms with Gasteiger partial charge in [-0.3, -0.25) is 14.6 Å². The summed E-state index contributed by atoms with van der Waals surface area (Å²) in [5.74, 6) is -0.109. The van der Waals surface area contributed by atoms with Gasteiger partial charge in [-0.25, -0.2) is 0 Å². The molecule has 2 amide bonds. The van der Waals surface area contributed by atoms with Crippen LogP contribution in [-0.2, 0) is 4.79 Å². The fourth-order valence-corrected chi connectivity index (χ4v) is 3.56. The Morgan fingerprint density at radius 1 is 0.969 bits per heavy atom. The molecule has 3 rings (SSSR count). The molecule has 2 aromatic carbocycles. The Bertz CT molecular complexity index is 990. The summed E-state index contributed by atoms with van der Waals surface area (Å²) in [6.07, 6.45) is 0. The van der Waals surface area contributed by atoms with E-state index in [1.807, 2.05) is 68.1 Å². The van der Waals surface area contributed by atoms with Gasteiger partial charge in [-0.15, -0.1) is 0 Å². The van der Waals surface area contributed by atoms with E-state index >= 15 is 0 Å². The van der Waals surface area contributed by atoms with Crippen molar-refractivity contribution >= 4 is 28.9 Å². The number of rotatable bonds is 7. The maximum Gasteiger partial charge on any atom is 0.255 e. The lowest BCUT2D eigenvalue weighted by Crippen LogP contribution is -2.51. The highest BCUT2D eigenvalue weighted by Gasteiger charge is 2.24. The molecule has 1 saturated heterocycles. The number of nitrogens with zero attached hydrogens (tertiary/aromatic N) is 4. The van der Waals surface area contributed by atoms with Crippen LogP contribution in [0.3, 0.4) is 0 Å². The molecular weight excluding hydrogens is 402 g/mol. The smallest absolute Gasteiger partial charge is 0.255 e. The second-order valence-electron chi connectivity index (χ2n) is 8.05. The first kappa shape index (κ1) is 23.1. The van der Waals surface area contributed by atoms with Crippen LogP contribution in [0.25, 0.3) is 0 Å². The van der Waals surface area contributed by atoms with Crippen LogP contribution in [0.4, 0.5) is 11.4 Å². The van der Waals surface area contributed by atoms with Gasteiger partial charge in [-0.05, 0) is 45.0 Å². The van der Waals surface area contributed by atoms with Gasteiger partial charge >= 0.3 is 0 Å². The van der Waals surface area contributed by atoms with Crippen LogP contribution in [0.5, 0.6) is 0 Å². The highest BCUT2D eigenvalue weighted by molar-refractivity contribution is 6.05. The highest BCUT2D eigenvalue weighted by Crippen LogP contribution is 2.27. The Kier molecular flexibility index (Phi) is 7.65. The number of piperazine rings is 1. The van der Waals surface area contributed by atoms with Crippen molar-refractivity contribution in [3.63, 3.8) is 0 Å². The summed E-state index contributed by atoms with van der Waals surface area (Å²) in [5.41, 5.74) is 3.95. The largest absolute Gasteiger partial charge is 0.366 e. The SMILES string of the molecule is C=C(C)N(CC(=O)N1CCN(c2ccccc2NC(=O)c2ccccc2)CC1)N=C(C)C. The van der Waals surface area contributed by atoms with Crippen molar-refractivity contribution in [1.29, 1.82) is 0 Å². The van der Waals surface area contributed by atoms with Gasteiger partial charge in [0, 0.05) is 43.2 Å². The summed E-state index contributed by atoms with van der Waals surface area (Å²) in [5, 5.41) is 9.06. The number of hydrazone groups is 1. The predicted molar refractivity (Wildman–Crippen MR) is 130 cm³/mol. The second kappa shape index (κ2) is 10.6. The molecule has 2 aromatic rings. The first-order valence-electron chi connectivity index (χ1n) is 10.8. The quantitative estimate of drug-likeness (QED) is 0.532. The molecular formula is C25H31N5O2. The molecule has 7 nitrogen and oxygen atoms in total. The topological polar surface area (TPSA) is 68.2 Å². The lowest BCUT2D eigenvalue weighted by Gasteiger charge is -2.37. The van der Waals surface area contributed by atoms with E-state index < -0.39 is 0 Å². The molecule has 0 radical (unpaired) electrons. The number of carbonyl (C=O) groups is 2. The van der Waals surface area contributed by atoms with E-state index in [-0.39, 0.29) is 18.4 Å². The van der Waals surface area contributed by atoms with Crippen molar-refractivity contribution in [2.75, 3.05) is 42.9 Å². The second-order valence-corrected chi connectivity index (χ2v) is 8.05. The molecule has 7 heteroatoms. The van der Waals surface area contributed by atoms with E-state index in [9.17, 15) is 9.59 Å². The molecule has 168 valence electrons. The molecule has 1 aliphatic heterocycles. The maximum absolute atomic E-state index is 12.8. The van der Waals surface area contributed by atoms with Crippen molar-refractivity contribution in [3.8, 4) is 0 Å². The minimum Gasteiger partial charge on any atom is -0.366 e. The summed E-state index contributed by atoms with van der Waals surface area (Å²) >= 11 is 0. The molecule has 0 spiro atoms. The third-order valence-corrected chi connectivity index (χ3v) is 5.21. The van der Waals surface area contributed by atoms with Crippen LogP contribution in [0.15, 0.2) is 72.0 Å². The van der Waals surface area contributed by atoms with E-state index in [0.717, 1.165) is 22.8 Å². The maximum atomic E-state index is 12.8. The number of carbonyl (C=O) groups excluding carboxylic acids is 2. The molecule has 1 N–H and O–H groups in total. The summed E-state index contributed by atoms with van der Waals surface area (Å²) in [6.45, 7) is 12.3. The molecule has 32 heavy (non-hydrogen) atoms. The van der Waals surface area contributed by atoms with Crippen molar-refractivity contribution in [2.45, 2.75) is 20.8 Å². The van der Waals surface area contributed by atoms with Crippen LogP contribution in [0.1, 0.15) is 31.1 Å². The molecule has 0 atom stereocenters. The third-order valence-electron chi connectivity index (χ3n) is 5.21. The summed E-state index contributed by atoms with van der Waals surface area (Å²) in [4.78, 5) is 29.5. The van der Waals surface area contributed by atoms with Crippen LogP contribution in [0, 0.1) is 0 Å². The van der Waals surface area contributed by atoms with Gasteiger partial charge < -0.3 is 15.1 Å². The Balaban J connectivity index is 1.63. The number of amides is 2. The first-order valence-corrected chi connectivity index (χ1v) is 10.8. The number of allylic oxidation sites excluding steroid dienone is 1. The Hall–Kier alpha value is -3.61. The van der Waals surface area contributed by atoms with Crippen molar-refractivity contribution < 1.29 is 9.59 Å². The lowest BCUT2D eigenvalue weighted by atomic mass is 10.1. The monoisotopic (exact) mass is 433 g/mol. The Morgan fingerprint density at radius 2 is 1.59 bits per heavy atom. The molecule has 0 unspecified atom stereocenters. The minimum atomic E-state index is -0.140. The molecule has 0 aliphatic carbocycles. The molecule has 1 fully saturated rings. The number of anilines is 2. The summed E-state index contributed by atoms with van der Waals surface area (Å²) in [7, 11) is 0. The molecule has 1 aliphatic rings. The van der Waals surface area contributed by atoms with Crippen LogP contribution >= 0.6 is 0 Å². The van der Waals surface area contributed by atoms with Gasteiger partial charge in [0.1, 0.15) is 6.54 Å². The minimum absolute atomic E-state index is 0.0308.